The fourth-order valence-corrected chi connectivity index (χ4v) is 2.47. The summed E-state index contributed by atoms with van der Waals surface area (Å²) in [6.07, 6.45) is 0. The van der Waals surface area contributed by atoms with E-state index in [-0.39, 0.29) is 0 Å². The van der Waals surface area contributed by atoms with Gasteiger partial charge in [0.1, 0.15) is 11.6 Å². The van der Waals surface area contributed by atoms with E-state index in [4.69, 9.17) is 10.5 Å². The molecule has 4 nitrogen and oxygen atoms in total. The van der Waals surface area contributed by atoms with E-state index >= 15 is 0 Å². The number of halogens is 1. The Hall–Kier alpha value is -1.76. The lowest BCUT2D eigenvalue weighted by molar-refractivity contribution is 0.415. The number of methoxy groups -OCH3 is 1. The van der Waals surface area contributed by atoms with Crippen molar-refractivity contribution in [1.82, 2.24) is 9.97 Å². The van der Waals surface area contributed by atoms with E-state index in [0.29, 0.717) is 5.69 Å². The molecule has 3 rings (SSSR count). The second kappa shape index (κ2) is 4.73. The lowest BCUT2D eigenvalue weighted by atomic mass is 10.2. The maximum Gasteiger partial charge on any atom is 0.140 e. The number of aromatic amines is 1. The summed E-state index contributed by atoms with van der Waals surface area (Å²) >= 11 is 2.26. The van der Waals surface area contributed by atoms with Gasteiger partial charge in [0.05, 0.1) is 18.1 Å². The Kier molecular flexibility index (Phi) is 3.06. The van der Waals surface area contributed by atoms with Crippen molar-refractivity contribution >= 4 is 39.3 Å². The molecule has 0 bridgehead atoms. The molecule has 0 atom stereocenters. The summed E-state index contributed by atoms with van der Waals surface area (Å²) in [4.78, 5) is 7.85. The quantitative estimate of drug-likeness (QED) is 0.540. The zero-order chi connectivity index (χ0) is 13.4. The van der Waals surface area contributed by atoms with Crippen LogP contribution in [0.2, 0.25) is 0 Å². The van der Waals surface area contributed by atoms with Gasteiger partial charge in [-0.05, 0) is 52.9 Å². The summed E-state index contributed by atoms with van der Waals surface area (Å²) in [7, 11) is 1.65. The van der Waals surface area contributed by atoms with Gasteiger partial charge in [-0.3, -0.25) is 0 Å². The van der Waals surface area contributed by atoms with Crippen molar-refractivity contribution in [3.63, 3.8) is 0 Å². The van der Waals surface area contributed by atoms with Crippen LogP contribution < -0.4 is 10.5 Å². The number of rotatable bonds is 2. The molecule has 0 aliphatic carbocycles. The summed E-state index contributed by atoms with van der Waals surface area (Å²) in [6.45, 7) is 0. The van der Waals surface area contributed by atoms with Crippen LogP contribution in [-0.2, 0) is 0 Å². The van der Waals surface area contributed by atoms with Gasteiger partial charge < -0.3 is 15.5 Å². The van der Waals surface area contributed by atoms with Crippen molar-refractivity contribution in [1.29, 1.82) is 0 Å². The van der Waals surface area contributed by atoms with Crippen LogP contribution in [0.3, 0.4) is 0 Å². The molecule has 5 heteroatoms. The van der Waals surface area contributed by atoms with E-state index in [1.165, 1.54) is 0 Å². The monoisotopic (exact) mass is 365 g/mol. The first-order valence-corrected chi connectivity index (χ1v) is 6.84. The van der Waals surface area contributed by atoms with E-state index in [1.54, 1.807) is 7.11 Å². The number of ether oxygens (including phenoxy) is 1. The van der Waals surface area contributed by atoms with Crippen LogP contribution in [0.5, 0.6) is 5.75 Å². The molecular weight excluding hydrogens is 353 g/mol. The number of hydrogen-bond donors (Lipinski definition) is 2. The SMILES string of the molecule is COc1ccc2nc(-c3cc(I)ccc3N)[nH]c2c1. The molecule has 0 radical (unpaired) electrons. The molecule has 0 spiro atoms. The highest BCUT2D eigenvalue weighted by Crippen LogP contribution is 2.28. The van der Waals surface area contributed by atoms with Crippen LogP contribution in [0, 0.1) is 3.57 Å². The molecule has 0 aliphatic rings. The molecule has 2 aromatic carbocycles. The molecule has 1 aromatic heterocycles. The Balaban J connectivity index is 2.17. The van der Waals surface area contributed by atoms with E-state index in [9.17, 15) is 0 Å². The summed E-state index contributed by atoms with van der Waals surface area (Å²) in [5, 5.41) is 0. The van der Waals surface area contributed by atoms with Crippen molar-refractivity contribution in [3.8, 4) is 17.1 Å². The number of aromatic nitrogens is 2. The first-order chi connectivity index (χ1) is 9.17. The van der Waals surface area contributed by atoms with E-state index in [1.807, 2.05) is 36.4 Å². The zero-order valence-electron chi connectivity index (χ0n) is 10.3. The number of fused-ring (bicyclic) bond motifs is 1. The van der Waals surface area contributed by atoms with Crippen LogP contribution in [-0.4, -0.2) is 17.1 Å². The minimum absolute atomic E-state index is 0.714. The van der Waals surface area contributed by atoms with Gasteiger partial charge in [-0.15, -0.1) is 0 Å². The minimum Gasteiger partial charge on any atom is -0.497 e. The van der Waals surface area contributed by atoms with Crippen LogP contribution >= 0.6 is 22.6 Å². The van der Waals surface area contributed by atoms with Gasteiger partial charge in [0.2, 0.25) is 0 Å². The lowest BCUT2D eigenvalue weighted by Gasteiger charge is -2.02. The Morgan fingerprint density at radius 3 is 2.84 bits per heavy atom. The number of hydrogen-bond acceptors (Lipinski definition) is 3. The van der Waals surface area contributed by atoms with Gasteiger partial charge in [-0.1, -0.05) is 0 Å². The minimum atomic E-state index is 0.714. The number of nitrogens with zero attached hydrogens (tertiary/aromatic N) is 1. The molecule has 0 fully saturated rings. The highest BCUT2D eigenvalue weighted by molar-refractivity contribution is 14.1. The van der Waals surface area contributed by atoms with Gasteiger partial charge in [-0.2, -0.15) is 0 Å². The summed E-state index contributed by atoms with van der Waals surface area (Å²) in [5.41, 5.74) is 9.48. The molecular formula is C14H12IN3O. The zero-order valence-corrected chi connectivity index (χ0v) is 12.4. The maximum atomic E-state index is 6.01. The first-order valence-electron chi connectivity index (χ1n) is 5.76. The Bertz CT molecular complexity index is 752. The van der Waals surface area contributed by atoms with Crippen molar-refractivity contribution in [2.24, 2.45) is 0 Å². The predicted molar refractivity (Wildman–Crippen MR) is 85.2 cm³/mol. The maximum absolute atomic E-state index is 6.01. The van der Waals surface area contributed by atoms with E-state index < -0.39 is 0 Å². The number of nitrogen functional groups attached to an aromatic ring is 1. The summed E-state index contributed by atoms with van der Waals surface area (Å²) < 4.78 is 6.33. The number of imidazole rings is 1. The van der Waals surface area contributed by atoms with Gasteiger partial charge in [0, 0.05) is 20.9 Å². The lowest BCUT2D eigenvalue weighted by Crippen LogP contribution is -1.91. The fraction of sp³-hybridized carbons (Fsp3) is 0.0714. The van der Waals surface area contributed by atoms with E-state index in [2.05, 4.69) is 32.6 Å². The summed E-state index contributed by atoms with van der Waals surface area (Å²) in [6, 6.07) is 11.6. The number of anilines is 1. The van der Waals surface area contributed by atoms with Crippen molar-refractivity contribution in [2.75, 3.05) is 12.8 Å². The van der Waals surface area contributed by atoms with Crippen molar-refractivity contribution < 1.29 is 4.74 Å². The predicted octanol–water partition coefficient (Wildman–Crippen LogP) is 3.43. The third kappa shape index (κ3) is 2.25. The molecule has 96 valence electrons. The Morgan fingerprint density at radius 2 is 2.05 bits per heavy atom. The van der Waals surface area contributed by atoms with Crippen LogP contribution in [0.25, 0.3) is 22.4 Å². The van der Waals surface area contributed by atoms with Crippen LogP contribution in [0.4, 0.5) is 5.69 Å². The molecule has 3 N–H and O–H groups in total. The van der Waals surface area contributed by atoms with Crippen LogP contribution in [0.15, 0.2) is 36.4 Å². The van der Waals surface area contributed by atoms with Gasteiger partial charge >= 0.3 is 0 Å². The second-order valence-electron chi connectivity index (χ2n) is 4.20. The molecule has 0 aliphatic heterocycles. The highest BCUT2D eigenvalue weighted by atomic mass is 127. The average Bonchev–Trinajstić information content (AvgIpc) is 2.83. The third-order valence-corrected chi connectivity index (χ3v) is 3.63. The number of H-pyrrole nitrogens is 1. The molecule has 0 unspecified atom stereocenters. The second-order valence-corrected chi connectivity index (χ2v) is 5.45. The van der Waals surface area contributed by atoms with Gasteiger partial charge in [-0.25, -0.2) is 4.98 Å². The fourth-order valence-electron chi connectivity index (χ4n) is 1.98. The Morgan fingerprint density at radius 1 is 1.21 bits per heavy atom. The van der Waals surface area contributed by atoms with Crippen molar-refractivity contribution in [2.45, 2.75) is 0 Å². The molecule has 0 saturated carbocycles. The molecule has 3 aromatic rings. The topological polar surface area (TPSA) is 63.9 Å². The van der Waals surface area contributed by atoms with Gasteiger partial charge in [0.25, 0.3) is 0 Å². The molecule has 0 saturated heterocycles. The smallest absolute Gasteiger partial charge is 0.140 e. The standard InChI is InChI=1S/C14H12IN3O/c1-19-9-3-5-12-13(7-9)18-14(17-12)10-6-8(15)2-4-11(10)16/h2-7H,16H2,1H3,(H,17,18). The van der Waals surface area contributed by atoms with Gasteiger partial charge in [0.15, 0.2) is 0 Å². The first kappa shape index (κ1) is 12.3. The summed E-state index contributed by atoms with van der Waals surface area (Å²) in [5.74, 6) is 1.58. The molecule has 1 heterocycles. The number of nitrogens with two attached hydrogens (primary N) is 1. The normalized spacial score (nSPS) is 10.8. The number of nitrogens with one attached hydrogen (secondary N) is 1. The van der Waals surface area contributed by atoms with Crippen molar-refractivity contribution in [3.05, 3.63) is 40.0 Å². The largest absolute Gasteiger partial charge is 0.497 e. The number of benzene rings is 2. The van der Waals surface area contributed by atoms with E-state index in [0.717, 1.165) is 31.7 Å². The highest BCUT2D eigenvalue weighted by Gasteiger charge is 2.09. The average molecular weight is 365 g/mol. The van der Waals surface area contributed by atoms with Crippen LogP contribution in [0.1, 0.15) is 0 Å². The molecule has 0 amide bonds. The Labute approximate surface area is 124 Å². The third-order valence-electron chi connectivity index (χ3n) is 2.96. The molecule has 19 heavy (non-hydrogen) atoms.